The summed E-state index contributed by atoms with van der Waals surface area (Å²) in [5, 5.41) is 14.9. The molecule has 1 aromatic heterocycles. The van der Waals surface area contributed by atoms with E-state index in [4.69, 9.17) is 9.26 Å². The number of anilines is 1. The maximum atomic E-state index is 13.5. The molecule has 0 spiro atoms. The van der Waals surface area contributed by atoms with Crippen LogP contribution in [0.4, 0.5) is 10.2 Å². The van der Waals surface area contributed by atoms with Gasteiger partial charge in [0.2, 0.25) is 0 Å². The zero-order valence-electron chi connectivity index (χ0n) is 17.0. The van der Waals surface area contributed by atoms with Crippen molar-refractivity contribution in [1.82, 2.24) is 5.16 Å². The highest BCUT2D eigenvalue weighted by atomic mass is 19.1. The number of nitrogens with zero attached hydrogens (tertiary/aromatic N) is 2. The number of aryl methyl sites for hydroxylation is 2. The summed E-state index contributed by atoms with van der Waals surface area (Å²) in [6.45, 7) is 3.45. The van der Waals surface area contributed by atoms with Gasteiger partial charge in [0.25, 0.3) is 5.78 Å². The fraction of sp³-hybridized carbons (Fsp3) is 0.174. The Morgan fingerprint density at radius 3 is 2.42 bits per heavy atom. The Kier molecular flexibility index (Phi) is 5.06. The summed E-state index contributed by atoms with van der Waals surface area (Å²) in [5.74, 6) is -1.37. The maximum absolute atomic E-state index is 13.5. The first-order valence-electron chi connectivity index (χ1n) is 9.46. The van der Waals surface area contributed by atoms with Gasteiger partial charge in [-0.1, -0.05) is 17.3 Å². The quantitative estimate of drug-likeness (QED) is 0.387. The molecule has 8 heteroatoms. The Morgan fingerprint density at radius 1 is 1.13 bits per heavy atom. The lowest BCUT2D eigenvalue weighted by molar-refractivity contribution is -0.132. The highest BCUT2D eigenvalue weighted by molar-refractivity contribution is 6.51. The van der Waals surface area contributed by atoms with Crippen LogP contribution in [-0.4, -0.2) is 29.1 Å². The van der Waals surface area contributed by atoms with Crippen LogP contribution in [0, 0.1) is 19.7 Å². The molecule has 1 aliphatic rings. The smallest absolute Gasteiger partial charge is 0.301 e. The first-order valence-corrected chi connectivity index (χ1v) is 9.46. The van der Waals surface area contributed by atoms with E-state index < -0.39 is 23.5 Å². The average Bonchev–Trinajstić information content (AvgIpc) is 3.29. The van der Waals surface area contributed by atoms with Crippen molar-refractivity contribution in [1.29, 1.82) is 0 Å². The Morgan fingerprint density at radius 2 is 1.84 bits per heavy atom. The van der Waals surface area contributed by atoms with Crippen LogP contribution in [0.1, 0.15) is 28.5 Å². The Balaban J connectivity index is 1.93. The average molecular weight is 422 g/mol. The third-order valence-corrected chi connectivity index (χ3v) is 5.16. The van der Waals surface area contributed by atoms with Gasteiger partial charge in [0, 0.05) is 11.6 Å². The highest BCUT2D eigenvalue weighted by Gasteiger charge is 2.48. The largest absolute Gasteiger partial charge is 0.507 e. The number of ether oxygens (including phenoxy) is 1. The van der Waals surface area contributed by atoms with E-state index in [1.54, 1.807) is 32.0 Å². The Bertz CT molecular complexity index is 1210. The van der Waals surface area contributed by atoms with Crippen LogP contribution in [0.2, 0.25) is 0 Å². The molecule has 158 valence electrons. The third kappa shape index (κ3) is 3.46. The molecule has 0 bridgehead atoms. The van der Waals surface area contributed by atoms with Gasteiger partial charge in [0.05, 0.1) is 18.7 Å². The third-order valence-electron chi connectivity index (χ3n) is 5.16. The number of rotatable bonds is 4. The summed E-state index contributed by atoms with van der Waals surface area (Å²) < 4.78 is 23.9. The van der Waals surface area contributed by atoms with Gasteiger partial charge in [0.15, 0.2) is 5.82 Å². The number of hydrogen-bond acceptors (Lipinski definition) is 6. The number of hydrogen-bond donors (Lipinski definition) is 1. The molecular formula is C23H19FN2O5. The molecule has 1 fully saturated rings. The summed E-state index contributed by atoms with van der Waals surface area (Å²) >= 11 is 0. The van der Waals surface area contributed by atoms with Crippen LogP contribution in [0.5, 0.6) is 5.75 Å². The lowest BCUT2D eigenvalue weighted by Gasteiger charge is -2.22. The monoisotopic (exact) mass is 422 g/mol. The van der Waals surface area contributed by atoms with Crippen LogP contribution in [0.3, 0.4) is 0 Å². The van der Waals surface area contributed by atoms with E-state index in [-0.39, 0.29) is 17.2 Å². The van der Waals surface area contributed by atoms with Crippen molar-refractivity contribution in [2.75, 3.05) is 12.0 Å². The van der Waals surface area contributed by atoms with E-state index in [9.17, 15) is 19.1 Å². The molecule has 0 radical (unpaired) electrons. The van der Waals surface area contributed by atoms with Gasteiger partial charge in [-0.05, 0) is 55.3 Å². The van der Waals surface area contributed by atoms with E-state index in [1.165, 1.54) is 37.4 Å². The van der Waals surface area contributed by atoms with Gasteiger partial charge < -0.3 is 14.4 Å². The van der Waals surface area contributed by atoms with Crippen molar-refractivity contribution >= 4 is 23.3 Å². The number of amides is 1. The zero-order chi connectivity index (χ0) is 22.3. The van der Waals surface area contributed by atoms with Crippen LogP contribution < -0.4 is 9.64 Å². The van der Waals surface area contributed by atoms with Gasteiger partial charge in [0.1, 0.15) is 23.1 Å². The highest BCUT2D eigenvalue weighted by Crippen LogP contribution is 2.42. The van der Waals surface area contributed by atoms with Gasteiger partial charge in [-0.3, -0.25) is 14.5 Å². The SMILES string of the molecule is COc1ccc(C(O)=C2C(=O)C(=O)N(c3cc(C)on3)[C@H]2c2ccc(F)cc2)cc1C. The number of benzene rings is 2. The van der Waals surface area contributed by atoms with Crippen LogP contribution in [0.25, 0.3) is 5.76 Å². The van der Waals surface area contributed by atoms with Gasteiger partial charge in [-0.2, -0.15) is 0 Å². The zero-order valence-corrected chi connectivity index (χ0v) is 17.0. The molecule has 1 aliphatic heterocycles. The second kappa shape index (κ2) is 7.71. The van der Waals surface area contributed by atoms with E-state index in [2.05, 4.69) is 5.16 Å². The standard InChI is InChI=1S/C23H19FN2O5/c1-12-10-15(6-9-17(12)30-3)21(27)19-20(14-4-7-16(24)8-5-14)26(23(29)22(19)28)18-11-13(2)31-25-18/h4-11,20,27H,1-3H3/t20-/m0/s1. The van der Waals surface area contributed by atoms with Crippen molar-refractivity contribution in [3.05, 3.63) is 82.4 Å². The van der Waals surface area contributed by atoms with Gasteiger partial charge in [-0.25, -0.2) is 4.39 Å². The van der Waals surface area contributed by atoms with Crippen molar-refractivity contribution in [2.45, 2.75) is 19.9 Å². The fourth-order valence-electron chi connectivity index (χ4n) is 3.68. The van der Waals surface area contributed by atoms with E-state index >= 15 is 0 Å². The van der Waals surface area contributed by atoms with Crippen molar-refractivity contribution in [2.24, 2.45) is 0 Å². The summed E-state index contributed by atoms with van der Waals surface area (Å²) in [7, 11) is 1.53. The number of aliphatic hydroxyl groups excluding tert-OH is 1. The van der Waals surface area contributed by atoms with Gasteiger partial charge in [-0.15, -0.1) is 0 Å². The number of halogens is 1. The first-order chi connectivity index (χ1) is 14.8. The number of methoxy groups -OCH3 is 1. The molecule has 0 unspecified atom stereocenters. The number of ketones is 1. The molecule has 3 aromatic rings. The summed E-state index contributed by atoms with van der Waals surface area (Å²) in [6, 6.07) is 10.8. The molecule has 2 heterocycles. The maximum Gasteiger partial charge on any atom is 0.301 e. The fourth-order valence-corrected chi connectivity index (χ4v) is 3.68. The van der Waals surface area contributed by atoms with Crippen molar-refractivity contribution in [3.8, 4) is 5.75 Å². The van der Waals surface area contributed by atoms with Crippen LogP contribution >= 0.6 is 0 Å². The molecule has 2 aromatic carbocycles. The minimum Gasteiger partial charge on any atom is -0.507 e. The minimum atomic E-state index is -1.01. The van der Waals surface area contributed by atoms with E-state index in [0.29, 0.717) is 22.6 Å². The van der Waals surface area contributed by atoms with Crippen LogP contribution in [0.15, 0.2) is 58.6 Å². The molecule has 1 saturated heterocycles. The number of aromatic nitrogens is 1. The summed E-state index contributed by atoms with van der Waals surface area (Å²) in [4.78, 5) is 27.1. The molecule has 4 rings (SSSR count). The molecule has 1 amide bonds. The van der Waals surface area contributed by atoms with E-state index in [1.807, 2.05) is 0 Å². The minimum absolute atomic E-state index is 0.123. The molecule has 0 aliphatic carbocycles. The second-order valence-corrected chi connectivity index (χ2v) is 7.20. The number of aliphatic hydroxyl groups is 1. The molecular weight excluding hydrogens is 403 g/mol. The number of carbonyl (C=O) groups is 2. The topological polar surface area (TPSA) is 92.9 Å². The molecule has 31 heavy (non-hydrogen) atoms. The summed E-state index contributed by atoms with van der Waals surface area (Å²) in [5.41, 5.74) is 1.40. The normalized spacial score (nSPS) is 17.9. The predicted molar refractivity (Wildman–Crippen MR) is 110 cm³/mol. The lowest BCUT2D eigenvalue weighted by Crippen LogP contribution is -2.29. The van der Waals surface area contributed by atoms with Gasteiger partial charge >= 0.3 is 5.91 Å². The molecule has 1 N–H and O–H groups in total. The lowest BCUT2D eigenvalue weighted by atomic mass is 9.94. The molecule has 0 saturated carbocycles. The first kappa shape index (κ1) is 20.3. The summed E-state index contributed by atoms with van der Waals surface area (Å²) in [6.07, 6.45) is 0. The van der Waals surface area contributed by atoms with E-state index in [0.717, 1.165) is 10.5 Å². The second-order valence-electron chi connectivity index (χ2n) is 7.20. The predicted octanol–water partition coefficient (Wildman–Crippen LogP) is 4.07. The van der Waals surface area contributed by atoms with Crippen LogP contribution in [-0.2, 0) is 9.59 Å². The number of carbonyl (C=O) groups excluding carboxylic acids is 2. The number of Topliss-reactive ketones (excluding diaryl/α,β-unsaturated/α-hetero) is 1. The van der Waals surface area contributed by atoms with Crippen molar-refractivity contribution in [3.63, 3.8) is 0 Å². The Hall–Kier alpha value is -3.94. The van der Waals surface area contributed by atoms with Crippen molar-refractivity contribution < 1.29 is 28.3 Å². The molecule has 1 atom stereocenters. The molecule has 7 nitrogen and oxygen atoms in total. The Labute approximate surface area is 177 Å².